The molecular formula is C81H148NO8P. The van der Waals surface area contributed by atoms with Crippen molar-refractivity contribution in [3.8, 4) is 0 Å². The van der Waals surface area contributed by atoms with Crippen molar-refractivity contribution in [2.75, 3.05) is 26.4 Å². The largest absolute Gasteiger partial charge is 0.472 e. The summed E-state index contributed by atoms with van der Waals surface area (Å²) in [5.74, 6) is -0.815. The fourth-order valence-electron chi connectivity index (χ4n) is 11.5. The molecule has 0 rings (SSSR count). The minimum Gasteiger partial charge on any atom is -0.462 e. The summed E-state index contributed by atoms with van der Waals surface area (Å²) in [6.45, 7) is 3.68. The topological polar surface area (TPSA) is 134 Å². The Morgan fingerprint density at radius 1 is 0.341 bits per heavy atom. The molecule has 0 aliphatic heterocycles. The van der Waals surface area contributed by atoms with Crippen LogP contribution in [0.5, 0.6) is 0 Å². The van der Waals surface area contributed by atoms with Gasteiger partial charge < -0.3 is 20.1 Å². The van der Waals surface area contributed by atoms with Crippen LogP contribution in [0.15, 0.2) is 85.1 Å². The van der Waals surface area contributed by atoms with Crippen molar-refractivity contribution in [2.24, 2.45) is 5.73 Å². The van der Waals surface area contributed by atoms with E-state index in [2.05, 4.69) is 98.9 Å². The second-order valence-corrected chi connectivity index (χ2v) is 27.7. The number of hydrogen-bond donors (Lipinski definition) is 2. The maximum Gasteiger partial charge on any atom is 0.472 e. The molecule has 0 aliphatic carbocycles. The zero-order valence-electron chi connectivity index (χ0n) is 59.8. The number of hydrogen-bond acceptors (Lipinski definition) is 8. The van der Waals surface area contributed by atoms with Gasteiger partial charge in [0.15, 0.2) is 6.10 Å². The molecule has 0 saturated heterocycles. The van der Waals surface area contributed by atoms with Crippen molar-refractivity contribution in [1.82, 2.24) is 0 Å². The fraction of sp³-hybridized carbons (Fsp3) is 0.802. The van der Waals surface area contributed by atoms with E-state index in [1.54, 1.807) is 0 Å². The summed E-state index contributed by atoms with van der Waals surface area (Å²) >= 11 is 0. The Labute approximate surface area is 564 Å². The molecule has 0 heterocycles. The lowest BCUT2D eigenvalue weighted by atomic mass is 10.0. The summed E-state index contributed by atoms with van der Waals surface area (Å²) in [6.07, 6.45) is 103. The van der Waals surface area contributed by atoms with Crippen LogP contribution in [-0.2, 0) is 32.7 Å². The van der Waals surface area contributed by atoms with E-state index in [1.807, 2.05) is 0 Å². The van der Waals surface area contributed by atoms with Gasteiger partial charge in [0.25, 0.3) is 0 Å². The molecule has 2 atom stereocenters. The number of carbonyl (C=O) groups is 2. The first kappa shape index (κ1) is 88.2. The SMILES string of the molecule is CC/C=C\C/C=C\C/C=C\C/C=C\C/C=C\C/C=C\CCCCCCCCCCCCCCC(=O)OC(COC(=O)CCCCCCCCCCCCCCCCCCCCCCCCCCCCC/C=C\CCCCCCCCCC)COP(=O)(O)OCCN. The number of phosphoric ester groups is 1. The summed E-state index contributed by atoms with van der Waals surface area (Å²) in [4.78, 5) is 35.4. The Balaban J connectivity index is 3.79. The Morgan fingerprint density at radius 3 is 0.912 bits per heavy atom. The van der Waals surface area contributed by atoms with E-state index < -0.39 is 26.5 Å². The third-order valence-electron chi connectivity index (χ3n) is 17.3. The van der Waals surface area contributed by atoms with Crippen LogP contribution in [0.2, 0.25) is 0 Å². The lowest BCUT2D eigenvalue weighted by Crippen LogP contribution is -2.29. The minimum absolute atomic E-state index is 0.0520. The average molecular weight is 1300 g/mol. The lowest BCUT2D eigenvalue weighted by molar-refractivity contribution is -0.161. The van der Waals surface area contributed by atoms with Gasteiger partial charge in [0.1, 0.15) is 6.61 Å². The van der Waals surface area contributed by atoms with Crippen LogP contribution in [0.1, 0.15) is 386 Å². The maximum atomic E-state index is 12.8. The first-order valence-electron chi connectivity index (χ1n) is 39.1. The number of nitrogens with two attached hydrogens (primary N) is 1. The van der Waals surface area contributed by atoms with Crippen LogP contribution in [0.4, 0.5) is 0 Å². The molecule has 530 valence electrons. The first-order valence-corrected chi connectivity index (χ1v) is 40.6. The number of esters is 2. The zero-order chi connectivity index (χ0) is 65.8. The van der Waals surface area contributed by atoms with Gasteiger partial charge in [-0.15, -0.1) is 0 Å². The molecule has 0 aromatic heterocycles. The highest BCUT2D eigenvalue weighted by atomic mass is 31.2. The lowest BCUT2D eigenvalue weighted by Gasteiger charge is -2.19. The highest BCUT2D eigenvalue weighted by Crippen LogP contribution is 2.43. The fourth-order valence-corrected chi connectivity index (χ4v) is 12.3. The quantitative estimate of drug-likeness (QED) is 0.0264. The van der Waals surface area contributed by atoms with Gasteiger partial charge in [-0.25, -0.2) is 4.57 Å². The van der Waals surface area contributed by atoms with Crippen LogP contribution >= 0.6 is 7.82 Å². The number of ether oxygens (including phenoxy) is 2. The molecule has 0 aliphatic rings. The summed E-state index contributed by atoms with van der Waals surface area (Å²) in [5, 5.41) is 0. The molecule has 0 amide bonds. The van der Waals surface area contributed by atoms with Crippen molar-refractivity contribution in [2.45, 2.75) is 392 Å². The van der Waals surface area contributed by atoms with Gasteiger partial charge in [-0.2, -0.15) is 0 Å². The highest BCUT2D eigenvalue weighted by molar-refractivity contribution is 7.47. The Bertz CT molecular complexity index is 1770. The number of carbonyl (C=O) groups excluding carboxylic acids is 2. The third-order valence-corrected chi connectivity index (χ3v) is 18.2. The van der Waals surface area contributed by atoms with E-state index in [9.17, 15) is 19.0 Å². The standard InChI is InChI=1S/C81H148NO8P/c1-3-5-7-9-11-13-15-17-19-21-23-25-27-29-31-33-35-36-37-38-39-40-41-42-44-45-47-49-51-53-55-57-59-61-63-65-67-69-71-73-80(83)87-77-79(78-89-91(85,86)88-76-75-82)90-81(84)74-72-70-68-66-64-62-60-58-56-54-52-50-48-46-43-34-32-30-28-26-24-22-20-18-16-14-12-10-8-6-4-2/h6,8,12,14,18,20-21,23-24,26,30,32,43,46,79H,3-5,7,9-11,13,15-17,19,22,25,27-29,31,33-42,44-45,47-78,82H2,1-2H3,(H,85,86)/b8-6-,14-12-,20-18-,23-21-,26-24-,32-30-,46-43-. The van der Waals surface area contributed by atoms with Gasteiger partial charge in [0.05, 0.1) is 13.2 Å². The molecular weight excluding hydrogens is 1150 g/mol. The van der Waals surface area contributed by atoms with Crippen molar-refractivity contribution in [3.63, 3.8) is 0 Å². The molecule has 0 bridgehead atoms. The van der Waals surface area contributed by atoms with Crippen LogP contribution in [-0.4, -0.2) is 49.3 Å². The molecule has 0 aromatic carbocycles. The molecule has 0 fully saturated rings. The van der Waals surface area contributed by atoms with Crippen molar-refractivity contribution < 1.29 is 37.6 Å². The van der Waals surface area contributed by atoms with E-state index in [-0.39, 0.29) is 38.6 Å². The highest BCUT2D eigenvalue weighted by Gasteiger charge is 2.26. The molecule has 3 N–H and O–H groups in total. The number of allylic oxidation sites excluding steroid dienone is 14. The monoisotopic (exact) mass is 1290 g/mol. The zero-order valence-corrected chi connectivity index (χ0v) is 60.7. The van der Waals surface area contributed by atoms with E-state index in [0.717, 1.165) is 77.0 Å². The summed E-state index contributed by atoms with van der Waals surface area (Å²) in [5.41, 5.74) is 5.41. The smallest absolute Gasteiger partial charge is 0.462 e. The molecule has 2 unspecified atom stereocenters. The minimum atomic E-state index is -4.40. The summed E-state index contributed by atoms with van der Waals surface area (Å²) in [7, 11) is -4.40. The molecule has 0 aromatic rings. The molecule has 10 heteroatoms. The Kier molecular flexibility index (Phi) is 73.9. The van der Waals surface area contributed by atoms with E-state index in [4.69, 9.17) is 24.3 Å². The second-order valence-electron chi connectivity index (χ2n) is 26.2. The summed E-state index contributed by atoms with van der Waals surface area (Å²) in [6, 6.07) is 0. The maximum absolute atomic E-state index is 12.8. The van der Waals surface area contributed by atoms with Gasteiger partial charge in [-0.1, -0.05) is 369 Å². The molecule has 9 nitrogen and oxygen atoms in total. The van der Waals surface area contributed by atoms with Crippen LogP contribution in [0, 0.1) is 0 Å². The molecule has 91 heavy (non-hydrogen) atoms. The first-order chi connectivity index (χ1) is 44.8. The van der Waals surface area contributed by atoms with Gasteiger partial charge in [0, 0.05) is 19.4 Å². The van der Waals surface area contributed by atoms with Crippen LogP contribution < -0.4 is 5.73 Å². The second kappa shape index (κ2) is 76.2. The van der Waals surface area contributed by atoms with E-state index in [1.165, 1.54) is 276 Å². The third kappa shape index (κ3) is 76.1. The normalized spacial score (nSPS) is 13.3. The average Bonchev–Trinajstić information content (AvgIpc) is 3.71. The predicted octanol–water partition coefficient (Wildman–Crippen LogP) is 26.1. The van der Waals surface area contributed by atoms with Gasteiger partial charge in [-0.3, -0.25) is 18.6 Å². The number of phosphoric acid groups is 1. The van der Waals surface area contributed by atoms with Crippen molar-refractivity contribution >= 4 is 19.8 Å². The molecule has 0 saturated carbocycles. The summed E-state index contributed by atoms with van der Waals surface area (Å²) < 4.78 is 33.3. The van der Waals surface area contributed by atoms with Crippen molar-refractivity contribution in [3.05, 3.63) is 85.1 Å². The Morgan fingerprint density at radius 2 is 0.604 bits per heavy atom. The van der Waals surface area contributed by atoms with Gasteiger partial charge in [-0.05, 0) is 89.9 Å². The Hall–Kier alpha value is -2.81. The van der Waals surface area contributed by atoms with E-state index in [0.29, 0.717) is 6.42 Å². The molecule has 0 spiro atoms. The predicted molar refractivity (Wildman–Crippen MR) is 395 cm³/mol. The number of unbranched alkanes of at least 4 members (excludes halogenated alkanes) is 47. The van der Waals surface area contributed by atoms with Crippen LogP contribution in [0.25, 0.3) is 0 Å². The van der Waals surface area contributed by atoms with Crippen molar-refractivity contribution in [1.29, 1.82) is 0 Å². The van der Waals surface area contributed by atoms with Gasteiger partial charge in [0.2, 0.25) is 0 Å². The van der Waals surface area contributed by atoms with E-state index >= 15 is 0 Å². The molecule has 0 radical (unpaired) electrons. The van der Waals surface area contributed by atoms with Gasteiger partial charge >= 0.3 is 19.8 Å². The number of rotatable bonds is 74. The van der Waals surface area contributed by atoms with Crippen LogP contribution in [0.3, 0.4) is 0 Å².